The summed E-state index contributed by atoms with van der Waals surface area (Å²) < 4.78 is 4.94. The lowest BCUT2D eigenvalue weighted by atomic mass is 10.4. The maximum atomic E-state index is 4.94. The van der Waals surface area contributed by atoms with Crippen molar-refractivity contribution in [1.29, 1.82) is 0 Å². The molecule has 0 aliphatic carbocycles. The third-order valence-corrected chi connectivity index (χ3v) is 2.46. The van der Waals surface area contributed by atoms with Crippen LogP contribution in [-0.2, 0) is 11.3 Å². The van der Waals surface area contributed by atoms with Crippen LogP contribution in [0, 0.1) is 0 Å². The van der Waals surface area contributed by atoms with E-state index in [0.29, 0.717) is 0 Å². The zero-order valence-electron chi connectivity index (χ0n) is 7.79. The van der Waals surface area contributed by atoms with Crippen molar-refractivity contribution in [2.45, 2.75) is 13.0 Å². The lowest BCUT2D eigenvalue weighted by Crippen LogP contribution is -2.15. The summed E-state index contributed by atoms with van der Waals surface area (Å²) in [5.74, 6) is 0. The fourth-order valence-corrected chi connectivity index (χ4v) is 1.64. The van der Waals surface area contributed by atoms with Crippen LogP contribution in [0.1, 0.15) is 11.3 Å². The first-order chi connectivity index (χ1) is 5.93. The Kier molecular flexibility index (Phi) is 8.45. The Bertz CT molecular complexity index is 192. The molecule has 0 aliphatic heterocycles. The molecular formula is C9H16ClNOS. The summed E-state index contributed by atoms with van der Waals surface area (Å²) in [6, 6.07) is 4.23. The first-order valence-electron chi connectivity index (χ1n) is 4.15. The largest absolute Gasteiger partial charge is 0.385 e. The van der Waals surface area contributed by atoms with Gasteiger partial charge in [-0.2, -0.15) is 0 Å². The minimum Gasteiger partial charge on any atom is -0.385 e. The van der Waals surface area contributed by atoms with E-state index in [4.69, 9.17) is 4.74 Å². The van der Waals surface area contributed by atoms with E-state index in [-0.39, 0.29) is 12.4 Å². The summed E-state index contributed by atoms with van der Waals surface area (Å²) in [7, 11) is 1.74. The molecule has 1 aromatic heterocycles. The fraction of sp³-hybridized carbons (Fsp3) is 0.556. The first kappa shape index (κ1) is 12.9. The minimum absolute atomic E-state index is 0. The third-order valence-electron chi connectivity index (χ3n) is 1.58. The quantitative estimate of drug-likeness (QED) is 0.745. The number of methoxy groups -OCH3 is 1. The van der Waals surface area contributed by atoms with Gasteiger partial charge in [-0.15, -0.1) is 23.7 Å². The molecule has 0 radical (unpaired) electrons. The predicted molar refractivity (Wildman–Crippen MR) is 59.8 cm³/mol. The van der Waals surface area contributed by atoms with Gasteiger partial charge in [0.15, 0.2) is 0 Å². The second-order valence-corrected chi connectivity index (χ2v) is 3.63. The van der Waals surface area contributed by atoms with Crippen LogP contribution in [0.3, 0.4) is 0 Å². The molecule has 0 saturated carbocycles. The minimum atomic E-state index is 0. The van der Waals surface area contributed by atoms with Crippen LogP contribution in [0.4, 0.5) is 0 Å². The van der Waals surface area contributed by atoms with Crippen LogP contribution in [0.5, 0.6) is 0 Å². The molecule has 0 aromatic carbocycles. The van der Waals surface area contributed by atoms with E-state index in [1.165, 1.54) is 4.88 Å². The molecule has 0 bridgehead atoms. The maximum Gasteiger partial charge on any atom is 0.0474 e. The van der Waals surface area contributed by atoms with Gasteiger partial charge < -0.3 is 10.1 Å². The number of ether oxygens (including phenoxy) is 1. The van der Waals surface area contributed by atoms with Crippen molar-refractivity contribution in [3.63, 3.8) is 0 Å². The number of hydrogen-bond donors (Lipinski definition) is 1. The molecule has 0 unspecified atom stereocenters. The van der Waals surface area contributed by atoms with Gasteiger partial charge in [0.25, 0.3) is 0 Å². The van der Waals surface area contributed by atoms with Crippen LogP contribution in [0.2, 0.25) is 0 Å². The van der Waals surface area contributed by atoms with Crippen LogP contribution in [0.25, 0.3) is 0 Å². The van der Waals surface area contributed by atoms with Crippen molar-refractivity contribution >= 4 is 23.7 Å². The average Bonchev–Trinajstić information content (AvgIpc) is 2.57. The van der Waals surface area contributed by atoms with Gasteiger partial charge in [-0.3, -0.25) is 0 Å². The molecule has 2 nitrogen and oxygen atoms in total. The van der Waals surface area contributed by atoms with Gasteiger partial charge in [-0.25, -0.2) is 0 Å². The summed E-state index contributed by atoms with van der Waals surface area (Å²) in [6.07, 6.45) is 1.09. The Labute approximate surface area is 89.7 Å². The molecule has 1 rings (SSSR count). The number of halogens is 1. The van der Waals surface area contributed by atoms with Crippen molar-refractivity contribution in [2.24, 2.45) is 0 Å². The van der Waals surface area contributed by atoms with E-state index >= 15 is 0 Å². The molecule has 1 aromatic rings. The van der Waals surface area contributed by atoms with E-state index < -0.39 is 0 Å². The van der Waals surface area contributed by atoms with E-state index in [1.807, 2.05) is 0 Å². The third kappa shape index (κ3) is 6.05. The molecule has 0 amide bonds. The Hall–Kier alpha value is -0.0900. The number of nitrogens with one attached hydrogen (secondary N) is 1. The summed E-state index contributed by atoms with van der Waals surface area (Å²) >= 11 is 1.79. The zero-order chi connectivity index (χ0) is 8.65. The van der Waals surface area contributed by atoms with Gasteiger partial charge in [0.05, 0.1) is 0 Å². The van der Waals surface area contributed by atoms with Gasteiger partial charge in [-0.05, 0) is 24.4 Å². The molecule has 4 heteroatoms. The lowest BCUT2D eigenvalue weighted by molar-refractivity contribution is 0.194. The van der Waals surface area contributed by atoms with Gasteiger partial charge in [0.1, 0.15) is 0 Å². The van der Waals surface area contributed by atoms with Crippen LogP contribution >= 0.6 is 23.7 Å². The molecule has 0 aliphatic rings. The molecule has 76 valence electrons. The van der Waals surface area contributed by atoms with Gasteiger partial charge in [0.2, 0.25) is 0 Å². The summed E-state index contributed by atoms with van der Waals surface area (Å²) in [5, 5.41) is 5.46. The molecule has 0 fully saturated rings. The smallest absolute Gasteiger partial charge is 0.0474 e. The molecule has 1 heterocycles. The van der Waals surface area contributed by atoms with Gasteiger partial charge in [-0.1, -0.05) is 6.07 Å². The van der Waals surface area contributed by atoms with Crippen LogP contribution in [-0.4, -0.2) is 20.3 Å². The Morgan fingerprint density at radius 2 is 2.38 bits per heavy atom. The zero-order valence-corrected chi connectivity index (χ0v) is 9.42. The monoisotopic (exact) mass is 221 g/mol. The molecule has 1 N–H and O–H groups in total. The van der Waals surface area contributed by atoms with E-state index in [2.05, 4.69) is 22.8 Å². The van der Waals surface area contributed by atoms with Crippen LogP contribution < -0.4 is 5.32 Å². The van der Waals surface area contributed by atoms with Gasteiger partial charge in [0, 0.05) is 25.1 Å². The van der Waals surface area contributed by atoms with E-state index in [0.717, 1.165) is 26.1 Å². The average molecular weight is 222 g/mol. The highest BCUT2D eigenvalue weighted by atomic mass is 35.5. The van der Waals surface area contributed by atoms with Crippen LogP contribution in [0.15, 0.2) is 17.5 Å². The molecule has 0 atom stereocenters. The van der Waals surface area contributed by atoms with E-state index in [1.54, 1.807) is 18.4 Å². The summed E-state index contributed by atoms with van der Waals surface area (Å²) in [6.45, 7) is 2.87. The van der Waals surface area contributed by atoms with Gasteiger partial charge >= 0.3 is 0 Å². The van der Waals surface area contributed by atoms with Crippen molar-refractivity contribution in [3.8, 4) is 0 Å². The normalized spacial score (nSPS) is 9.62. The first-order valence-corrected chi connectivity index (χ1v) is 5.03. The van der Waals surface area contributed by atoms with Crippen molar-refractivity contribution in [3.05, 3.63) is 22.4 Å². The summed E-state index contributed by atoms with van der Waals surface area (Å²) in [5.41, 5.74) is 0. The molecule has 0 spiro atoms. The highest BCUT2D eigenvalue weighted by Gasteiger charge is 1.91. The molecule has 13 heavy (non-hydrogen) atoms. The second kappa shape index (κ2) is 8.51. The number of rotatable bonds is 6. The van der Waals surface area contributed by atoms with Crippen molar-refractivity contribution in [1.82, 2.24) is 5.32 Å². The number of hydrogen-bond acceptors (Lipinski definition) is 3. The Balaban J connectivity index is 0.00000144. The second-order valence-electron chi connectivity index (χ2n) is 2.60. The Morgan fingerprint density at radius 3 is 3.00 bits per heavy atom. The number of thiophene rings is 1. The van der Waals surface area contributed by atoms with Crippen molar-refractivity contribution < 1.29 is 4.74 Å². The maximum absolute atomic E-state index is 4.94. The van der Waals surface area contributed by atoms with Crippen molar-refractivity contribution in [2.75, 3.05) is 20.3 Å². The highest BCUT2D eigenvalue weighted by molar-refractivity contribution is 7.09. The molecule has 0 saturated heterocycles. The summed E-state index contributed by atoms with van der Waals surface area (Å²) in [4.78, 5) is 1.40. The predicted octanol–water partition coefficient (Wildman–Crippen LogP) is 2.30. The fourth-order valence-electron chi connectivity index (χ4n) is 0.966. The van der Waals surface area contributed by atoms with E-state index in [9.17, 15) is 0 Å². The molecular weight excluding hydrogens is 206 g/mol. The standard InChI is InChI=1S/C9H15NOS.ClH/c1-11-6-3-5-10-8-9-4-2-7-12-9;/h2,4,7,10H,3,5-6,8H2,1H3;1H. The topological polar surface area (TPSA) is 21.3 Å². The lowest BCUT2D eigenvalue weighted by Gasteiger charge is -2.01. The Morgan fingerprint density at radius 1 is 1.54 bits per heavy atom. The SMILES string of the molecule is COCCCNCc1cccs1.Cl. The highest BCUT2D eigenvalue weighted by Crippen LogP contribution is 2.06.